The van der Waals surface area contributed by atoms with Crippen molar-refractivity contribution in [1.82, 2.24) is 4.57 Å². The summed E-state index contributed by atoms with van der Waals surface area (Å²) in [4.78, 5) is 12.4. The van der Waals surface area contributed by atoms with E-state index in [2.05, 4.69) is 0 Å². The molecule has 1 aromatic heterocycles. The Morgan fingerprint density at radius 3 is 2.74 bits per heavy atom. The number of para-hydroxylation sites is 1. The average Bonchev–Trinajstić information content (AvgIpc) is 2.84. The number of anilines is 1. The van der Waals surface area contributed by atoms with Gasteiger partial charge >= 0.3 is 0 Å². The number of hydrogen-bond donors (Lipinski definition) is 1. The molecule has 3 rings (SSSR count). The van der Waals surface area contributed by atoms with E-state index in [0.717, 1.165) is 17.0 Å². The molecule has 0 amide bonds. The van der Waals surface area contributed by atoms with Gasteiger partial charge in [0.2, 0.25) is 0 Å². The fraction of sp³-hybridized carbons (Fsp3) is 0. The van der Waals surface area contributed by atoms with Crippen LogP contribution in [0.25, 0.3) is 10.9 Å². The van der Waals surface area contributed by atoms with Crippen molar-refractivity contribution < 1.29 is 9.18 Å². The smallest absolute Gasteiger partial charge is 0.264 e. The first-order valence-electron chi connectivity index (χ1n) is 5.82. The number of nitrogens with zero attached hydrogens (tertiary/aromatic N) is 1. The molecule has 94 valence electrons. The van der Waals surface area contributed by atoms with Gasteiger partial charge in [-0.05, 0) is 30.3 Å². The van der Waals surface area contributed by atoms with E-state index >= 15 is 0 Å². The van der Waals surface area contributed by atoms with Crippen molar-refractivity contribution in [1.29, 1.82) is 0 Å². The van der Waals surface area contributed by atoms with Crippen molar-refractivity contribution >= 4 is 22.5 Å². The summed E-state index contributed by atoms with van der Waals surface area (Å²) >= 11 is 0. The molecule has 3 nitrogen and oxygen atoms in total. The molecular weight excluding hydrogens is 243 g/mol. The second-order valence-corrected chi connectivity index (χ2v) is 4.28. The summed E-state index contributed by atoms with van der Waals surface area (Å²) in [6.07, 6.45) is 1.66. The first-order valence-corrected chi connectivity index (χ1v) is 5.82. The van der Waals surface area contributed by atoms with Crippen LogP contribution in [-0.2, 0) is 0 Å². The zero-order valence-electron chi connectivity index (χ0n) is 10.0. The number of fused-ring (bicyclic) bond motifs is 1. The topological polar surface area (TPSA) is 48.0 Å². The van der Waals surface area contributed by atoms with Gasteiger partial charge in [-0.3, -0.25) is 9.36 Å². The highest BCUT2D eigenvalue weighted by Gasteiger charge is 2.14. The lowest BCUT2D eigenvalue weighted by molar-refractivity contribution is 0.0965. The van der Waals surface area contributed by atoms with Crippen LogP contribution in [-0.4, -0.2) is 10.5 Å². The van der Waals surface area contributed by atoms with Crippen molar-refractivity contribution in [3.05, 3.63) is 66.1 Å². The molecule has 2 N–H and O–H groups in total. The molecule has 0 unspecified atom stereocenters. The second kappa shape index (κ2) is 4.24. The maximum atomic E-state index is 13.2. The van der Waals surface area contributed by atoms with Gasteiger partial charge in [0.25, 0.3) is 5.91 Å². The molecule has 0 fully saturated rings. The van der Waals surface area contributed by atoms with Crippen molar-refractivity contribution in [2.24, 2.45) is 0 Å². The third-order valence-electron chi connectivity index (χ3n) is 3.06. The van der Waals surface area contributed by atoms with Crippen LogP contribution in [0.5, 0.6) is 0 Å². The Bertz CT molecular complexity index is 777. The summed E-state index contributed by atoms with van der Waals surface area (Å²) in [5, 5.41) is 0.950. The largest absolute Gasteiger partial charge is 0.398 e. The van der Waals surface area contributed by atoms with Crippen molar-refractivity contribution in [2.45, 2.75) is 0 Å². The number of benzene rings is 2. The number of hydrogen-bond acceptors (Lipinski definition) is 2. The fourth-order valence-corrected chi connectivity index (χ4v) is 2.10. The number of carbonyl (C=O) groups is 1. The lowest BCUT2D eigenvalue weighted by atomic mass is 10.1. The van der Waals surface area contributed by atoms with E-state index in [-0.39, 0.29) is 17.2 Å². The lowest BCUT2D eigenvalue weighted by Crippen LogP contribution is -2.13. The van der Waals surface area contributed by atoms with E-state index in [9.17, 15) is 9.18 Å². The highest BCUT2D eigenvalue weighted by atomic mass is 19.1. The molecule has 0 aliphatic carbocycles. The zero-order valence-corrected chi connectivity index (χ0v) is 10.0. The van der Waals surface area contributed by atoms with E-state index in [1.54, 1.807) is 6.20 Å². The number of carbonyl (C=O) groups excluding carboxylic acids is 1. The van der Waals surface area contributed by atoms with Crippen LogP contribution in [0, 0.1) is 5.82 Å². The molecule has 0 atom stereocenters. The molecule has 0 aliphatic rings. The van der Waals surface area contributed by atoms with Crippen LogP contribution in [0.15, 0.2) is 54.7 Å². The standard InChI is InChI=1S/C15H11FN2O/c16-11-5-6-13(17)12(9-11)15(19)18-8-7-10-3-1-2-4-14(10)18/h1-9H,17H2. The summed E-state index contributed by atoms with van der Waals surface area (Å²) in [7, 11) is 0. The van der Waals surface area contributed by atoms with Crippen LogP contribution >= 0.6 is 0 Å². The highest BCUT2D eigenvalue weighted by molar-refractivity contribution is 6.05. The number of halogens is 1. The summed E-state index contributed by atoms with van der Waals surface area (Å²) in [6.45, 7) is 0. The van der Waals surface area contributed by atoms with Crippen molar-refractivity contribution in [2.75, 3.05) is 5.73 Å². The quantitative estimate of drug-likeness (QED) is 0.678. The lowest BCUT2D eigenvalue weighted by Gasteiger charge is -2.07. The van der Waals surface area contributed by atoms with Crippen molar-refractivity contribution in [3.8, 4) is 0 Å². The third-order valence-corrected chi connectivity index (χ3v) is 3.06. The summed E-state index contributed by atoms with van der Waals surface area (Å²) in [5.41, 5.74) is 6.95. The maximum absolute atomic E-state index is 13.2. The van der Waals surface area contributed by atoms with Gasteiger partial charge in [0, 0.05) is 17.3 Å². The van der Waals surface area contributed by atoms with Gasteiger partial charge in [-0.15, -0.1) is 0 Å². The minimum absolute atomic E-state index is 0.168. The number of nitrogens with two attached hydrogens (primary N) is 1. The Balaban J connectivity index is 2.16. The van der Waals surface area contributed by atoms with E-state index in [4.69, 9.17) is 5.73 Å². The molecule has 4 heteroatoms. The normalized spacial score (nSPS) is 10.8. The van der Waals surface area contributed by atoms with Crippen LogP contribution in [0.2, 0.25) is 0 Å². The predicted molar refractivity (Wildman–Crippen MR) is 72.5 cm³/mol. The SMILES string of the molecule is Nc1ccc(F)cc1C(=O)n1ccc2ccccc21. The molecule has 3 aromatic rings. The van der Waals surface area contributed by atoms with E-state index in [1.807, 2.05) is 30.3 Å². The summed E-state index contributed by atoms with van der Waals surface area (Å²) in [6, 6.07) is 13.1. The van der Waals surface area contributed by atoms with Gasteiger partial charge in [-0.2, -0.15) is 0 Å². The second-order valence-electron chi connectivity index (χ2n) is 4.28. The number of nitrogen functional groups attached to an aromatic ring is 1. The first-order chi connectivity index (χ1) is 9.16. The molecule has 19 heavy (non-hydrogen) atoms. The zero-order chi connectivity index (χ0) is 13.4. The molecule has 0 saturated carbocycles. The average molecular weight is 254 g/mol. The fourth-order valence-electron chi connectivity index (χ4n) is 2.10. The van der Waals surface area contributed by atoms with Gasteiger partial charge in [0.1, 0.15) is 5.82 Å². The highest BCUT2D eigenvalue weighted by Crippen LogP contribution is 2.20. The molecule has 2 aromatic carbocycles. The summed E-state index contributed by atoms with van der Waals surface area (Å²) < 4.78 is 14.7. The number of rotatable bonds is 1. The maximum Gasteiger partial charge on any atom is 0.264 e. The van der Waals surface area contributed by atoms with E-state index in [1.165, 1.54) is 16.7 Å². The Hall–Kier alpha value is -2.62. The monoisotopic (exact) mass is 254 g/mol. The molecule has 1 heterocycles. The summed E-state index contributed by atoms with van der Waals surface area (Å²) in [5.74, 6) is -0.813. The molecule has 0 saturated heterocycles. The van der Waals surface area contributed by atoms with Gasteiger partial charge in [0.05, 0.1) is 11.1 Å². The van der Waals surface area contributed by atoms with Crippen LogP contribution in [0.4, 0.5) is 10.1 Å². The Kier molecular flexibility index (Phi) is 2.56. The predicted octanol–water partition coefficient (Wildman–Crippen LogP) is 3.05. The van der Waals surface area contributed by atoms with Crippen LogP contribution in [0.3, 0.4) is 0 Å². The van der Waals surface area contributed by atoms with Crippen LogP contribution < -0.4 is 5.73 Å². The Labute approximate surface area is 109 Å². The van der Waals surface area contributed by atoms with E-state index in [0.29, 0.717) is 0 Å². The Morgan fingerprint density at radius 2 is 1.89 bits per heavy atom. The van der Waals surface area contributed by atoms with Crippen LogP contribution in [0.1, 0.15) is 10.4 Å². The van der Waals surface area contributed by atoms with Gasteiger partial charge in [-0.25, -0.2) is 4.39 Å². The minimum Gasteiger partial charge on any atom is -0.398 e. The molecule has 0 radical (unpaired) electrons. The van der Waals surface area contributed by atoms with Gasteiger partial charge in [-0.1, -0.05) is 18.2 Å². The van der Waals surface area contributed by atoms with Crippen molar-refractivity contribution in [3.63, 3.8) is 0 Å². The molecule has 0 spiro atoms. The molecular formula is C15H11FN2O. The molecule has 0 aliphatic heterocycles. The number of aromatic nitrogens is 1. The van der Waals surface area contributed by atoms with Gasteiger partial charge in [0.15, 0.2) is 0 Å². The van der Waals surface area contributed by atoms with E-state index < -0.39 is 5.82 Å². The minimum atomic E-state index is -0.478. The third kappa shape index (κ3) is 1.87. The van der Waals surface area contributed by atoms with Gasteiger partial charge < -0.3 is 5.73 Å². The Morgan fingerprint density at radius 1 is 1.11 bits per heavy atom. The molecule has 0 bridgehead atoms. The first kappa shape index (κ1) is 11.5.